The van der Waals surface area contributed by atoms with Gasteiger partial charge in [-0.3, -0.25) is 4.79 Å². The fraction of sp³-hybridized carbons (Fsp3) is 0.333. The fourth-order valence-corrected chi connectivity index (χ4v) is 2.81. The van der Waals surface area contributed by atoms with Crippen LogP contribution in [0.25, 0.3) is 0 Å². The minimum Gasteiger partial charge on any atom is -0.481 e. The molecule has 0 radical (unpaired) electrons. The summed E-state index contributed by atoms with van der Waals surface area (Å²) in [6.07, 6.45) is 8.72. The zero-order chi connectivity index (χ0) is 12.3. The van der Waals surface area contributed by atoms with Gasteiger partial charge < -0.3 is 10.4 Å². The van der Waals surface area contributed by atoms with Crippen molar-refractivity contribution in [2.24, 2.45) is 0 Å². The lowest BCUT2D eigenvalue weighted by Crippen LogP contribution is -2.37. The van der Waals surface area contributed by atoms with E-state index < -0.39 is 5.97 Å². The van der Waals surface area contributed by atoms with E-state index in [0.29, 0.717) is 5.69 Å². The highest BCUT2D eigenvalue weighted by Crippen LogP contribution is 2.31. The summed E-state index contributed by atoms with van der Waals surface area (Å²) in [6, 6.07) is 0. The number of aromatic nitrogens is 1. The van der Waals surface area contributed by atoms with Gasteiger partial charge in [-0.25, -0.2) is 4.98 Å². The summed E-state index contributed by atoms with van der Waals surface area (Å²) in [5.74, 6) is -0.848. The predicted molar refractivity (Wildman–Crippen MR) is 66.8 cm³/mol. The topological polar surface area (TPSA) is 62.2 Å². The number of carboxylic acids is 1. The molecule has 1 aliphatic rings. The highest BCUT2D eigenvalue weighted by atomic mass is 32.1. The van der Waals surface area contributed by atoms with Gasteiger partial charge in [0.25, 0.3) is 0 Å². The molecule has 90 valence electrons. The first-order valence-corrected chi connectivity index (χ1v) is 6.33. The number of thiazole rings is 1. The molecule has 1 unspecified atom stereocenters. The molecule has 2 heterocycles. The summed E-state index contributed by atoms with van der Waals surface area (Å²) in [5.41, 5.74) is 0.339. The predicted octanol–water partition coefficient (Wildman–Crippen LogP) is 2.05. The second kappa shape index (κ2) is 4.71. The quantitative estimate of drug-likeness (QED) is 0.858. The van der Waals surface area contributed by atoms with E-state index in [-0.39, 0.29) is 12.0 Å². The Labute approximate surface area is 104 Å². The molecule has 1 aliphatic heterocycles. The summed E-state index contributed by atoms with van der Waals surface area (Å²) < 4.78 is 0. The van der Waals surface area contributed by atoms with Crippen LogP contribution in [0.2, 0.25) is 0 Å². The SMILES string of the molecule is CCC1(c2nc(CC(=O)O)cs2)C=CC=CN1. The number of hydrogen-bond donors (Lipinski definition) is 2. The van der Waals surface area contributed by atoms with Crippen molar-refractivity contribution in [2.45, 2.75) is 25.3 Å². The van der Waals surface area contributed by atoms with Crippen LogP contribution >= 0.6 is 11.3 Å². The number of aliphatic carboxylic acids is 1. The first-order chi connectivity index (χ1) is 8.16. The monoisotopic (exact) mass is 250 g/mol. The molecule has 0 fully saturated rings. The average molecular weight is 250 g/mol. The molecule has 2 rings (SSSR count). The number of rotatable bonds is 4. The molecule has 5 heteroatoms. The highest BCUT2D eigenvalue weighted by Gasteiger charge is 2.30. The van der Waals surface area contributed by atoms with E-state index in [4.69, 9.17) is 5.11 Å². The lowest BCUT2D eigenvalue weighted by Gasteiger charge is -2.29. The van der Waals surface area contributed by atoms with Crippen LogP contribution in [0, 0.1) is 0 Å². The summed E-state index contributed by atoms with van der Waals surface area (Å²) >= 11 is 1.50. The third kappa shape index (κ3) is 2.39. The van der Waals surface area contributed by atoms with E-state index in [1.807, 2.05) is 23.7 Å². The van der Waals surface area contributed by atoms with E-state index in [2.05, 4.69) is 23.3 Å². The Kier molecular flexibility index (Phi) is 3.28. The van der Waals surface area contributed by atoms with E-state index in [1.54, 1.807) is 0 Å². The van der Waals surface area contributed by atoms with Crippen LogP contribution in [-0.4, -0.2) is 16.1 Å². The van der Waals surface area contributed by atoms with Gasteiger partial charge in [-0.15, -0.1) is 11.3 Å². The molecule has 1 atom stereocenters. The van der Waals surface area contributed by atoms with Gasteiger partial charge in [0.15, 0.2) is 0 Å². The summed E-state index contributed by atoms with van der Waals surface area (Å²) in [4.78, 5) is 15.0. The maximum atomic E-state index is 10.6. The van der Waals surface area contributed by atoms with Gasteiger partial charge in [0.05, 0.1) is 12.1 Å². The number of dihydropyridines is 1. The van der Waals surface area contributed by atoms with E-state index in [0.717, 1.165) is 11.4 Å². The molecule has 2 N–H and O–H groups in total. The molecule has 4 nitrogen and oxygen atoms in total. The van der Waals surface area contributed by atoms with Gasteiger partial charge in [0.1, 0.15) is 10.5 Å². The Morgan fingerprint density at radius 3 is 3.00 bits per heavy atom. The summed E-state index contributed by atoms with van der Waals surface area (Å²) in [7, 11) is 0. The molecule has 0 aromatic carbocycles. The van der Waals surface area contributed by atoms with Crippen LogP contribution in [0.4, 0.5) is 0 Å². The smallest absolute Gasteiger partial charge is 0.309 e. The molecular weight excluding hydrogens is 236 g/mol. The van der Waals surface area contributed by atoms with E-state index >= 15 is 0 Å². The van der Waals surface area contributed by atoms with Crippen molar-refractivity contribution in [1.29, 1.82) is 0 Å². The van der Waals surface area contributed by atoms with Crippen LogP contribution in [-0.2, 0) is 16.8 Å². The maximum Gasteiger partial charge on any atom is 0.309 e. The number of nitrogens with zero attached hydrogens (tertiary/aromatic N) is 1. The zero-order valence-electron chi connectivity index (χ0n) is 9.51. The van der Waals surface area contributed by atoms with E-state index in [1.165, 1.54) is 11.3 Å². The molecular formula is C12H14N2O2S. The van der Waals surface area contributed by atoms with Crippen molar-refractivity contribution in [3.05, 3.63) is 40.5 Å². The van der Waals surface area contributed by atoms with Crippen molar-refractivity contribution in [3.8, 4) is 0 Å². The number of carboxylic acid groups (broad SMARTS) is 1. The van der Waals surface area contributed by atoms with Crippen molar-refractivity contribution >= 4 is 17.3 Å². The molecule has 1 aromatic heterocycles. The average Bonchev–Trinajstić information content (AvgIpc) is 2.78. The largest absolute Gasteiger partial charge is 0.481 e. The fourth-order valence-electron chi connectivity index (χ4n) is 1.77. The number of allylic oxidation sites excluding steroid dienone is 2. The van der Waals surface area contributed by atoms with Crippen LogP contribution in [0.3, 0.4) is 0 Å². The summed E-state index contributed by atoms with van der Waals surface area (Å²) in [6.45, 7) is 2.08. The van der Waals surface area contributed by atoms with Gasteiger partial charge in [0.2, 0.25) is 0 Å². The molecule has 1 aromatic rings. The Morgan fingerprint density at radius 1 is 1.59 bits per heavy atom. The molecule has 0 bridgehead atoms. The number of carbonyl (C=O) groups is 1. The van der Waals surface area contributed by atoms with Crippen LogP contribution in [0.15, 0.2) is 29.8 Å². The molecule has 0 amide bonds. The maximum absolute atomic E-state index is 10.6. The van der Waals surface area contributed by atoms with E-state index in [9.17, 15) is 4.79 Å². The second-order valence-electron chi connectivity index (χ2n) is 3.90. The molecule has 0 spiro atoms. The van der Waals surface area contributed by atoms with Crippen LogP contribution < -0.4 is 5.32 Å². The van der Waals surface area contributed by atoms with Crippen molar-refractivity contribution in [3.63, 3.8) is 0 Å². The molecule has 0 saturated carbocycles. The van der Waals surface area contributed by atoms with Crippen molar-refractivity contribution in [1.82, 2.24) is 10.3 Å². The van der Waals surface area contributed by atoms with Gasteiger partial charge in [-0.05, 0) is 18.7 Å². The molecule has 17 heavy (non-hydrogen) atoms. The van der Waals surface area contributed by atoms with Gasteiger partial charge in [0, 0.05) is 5.38 Å². The van der Waals surface area contributed by atoms with Crippen molar-refractivity contribution in [2.75, 3.05) is 0 Å². The van der Waals surface area contributed by atoms with Crippen molar-refractivity contribution < 1.29 is 9.90 Å². The zero-order valence-corrected chi connectivity index (χ0v) is 10.3. The lowest BCUT2D eigenvalue weighted by atomic mass is 9.95. The minimum atomic E-state index is -0.848. The third-order valence-electron chi connectivity index (χ3n) is 2.75. The first-order valence-electron chi connectivity index (χ1n) is 5.45. The van der Waals surface area contributed by atoms with Gasteiger partial charge in [-0.1, -0.05) is 19.1 Å². The normalized spacial score (nSPS) is 22.4. The minimum absolute atomic E-state index is 0.0180. The first kappa shape index (κ1) is 11.9. The van der Waals surface area contributed by atoms with Gasteiger partial charge >= 0.3 is 5.97 Å². The lowest BCUT2D eigenvalue weighted by molar-refractivity contribution is -0.136. The Hall–Kier alpha value is -1.62. The number of hydrogen-bond acceptors (Lipinski definition) is 4. The standard InChI is InChI=1S/C12H14N2O2S/c1-2-12(5-3-4-6-13-12)11-14-9(8-17-11)7-10(15)16/h3-6,8,13H,2,7H2,1H3,(H,15,16). The molecule has 0 saturated heterocycles. The highest BCUT2D eigenvalue weighted by molar-refractivity contribution is 7.09. The number of nitrogens with one attached hydrogen (secondary N) is 1. The summed E-state index contributed by atoms with van der Waals surface area (Å²) in [5, 5.41) is 14.8. The third-order valence-corrected chi connectivity index (χ3v) is 3.82. The Balaban J connectivity index is 2.26. The van der Waals surface area contributed by atoms with Crippen LogP contribution in [0.1, 0.15) is 24.0 Å². The van der Waals surface area contributed by atoms with Crippen LogP contribution in [0.5, 0.6) is 0 Å². The van der Waals surface area contributed by atoms with Gasteiger partial charge in [-0.2, -0.15) is 0 Å². The Bertz CT molecular complexity index is 479. The molecule has 0 aliphatic carbocycles. The Morgan fingerprint density at radius 2 is 2.41 bits per heavy atom. The second-order valence-corrected chi connectivity index (χ2v) is 4.76.